The maximum Gasteiger partial charge on any atom is 2.00 e. The van der Waals surface area contributed by atoms with Crippen LogP contribution in [0, 0.1) is 0 Å². The van der Waals surface area contributed by atoms with Crippen molar-refractivity contribution < 1.29 is 70.4 Å². The van der Waals surface area contributed by atoms with Crippen LogP contribution in [0.2, 0.25) is 0 Å². The Labute approximate surface area is 336 Å². The van der Waals surface area contributed by atoms with Gasteiger partial charge in [0.15, 0.2) is 0 Å². The van der Waals surface area contributed by atoms with Gasteiger partial charge in [-0.2, -0.15) is 0 Å². The average Bonchev–Trinajstić information content (AvgIpc) is 3.16. The van der Waals surface area contributed by atoms with E-state index in [0.29, 0.717) is 62.3 Å². The van der Waals surface area contributed by atoms with Crippen LogP contribution in [-0.4, -0.2) is 52.9 Å². The number of ether oxygens (including phenoxy) is 6. The molecule has 2 aromatic carbocycles. The standard InChI is InChI=1S/2C21H36O5.Ti/c2*1-5-8-13-23-17-21(4,26-22)19-12-11-18(24-14-9-6-2)16-20(19)25-15-10-7-3;/h2*11-12,16,22H,5-10,13-15,17H2,1-4H3;/q;;+2/p-2. The van der Waals surface area contributed by atoms with Crippen molar-refractivity contribution in [1.82, 2.24) is 0 Å². The maximum absolute atomic E-state index is 11.5. The monoisotopic (exact) mass is 782 g/mol. The van der Waals surface area contributed by atoms with Crippen molar-refractivity contribution in [2.75, 3.05) is 52.9 Å². The SMILES string of the molecule is CCCCOCC(C)(O[O-])c1ccc(OCCCC)cc1OCCCC.CCCCOCC(C)(O[O-])c1ccc(OCCCC)cc1OCCCC.[Ti+2]. The van der Waals surface area contributed by atoms with Gasteiger partial charge in [-0.25, -0.2) is 0 Å². The third kappa shape index (κ3) is 20.0. The summed E-state index contributed by atoms with van der Waals surface area (Å²) >= 11 is 0. The van der Waals surface area contributed by atoms with Crippen LogP contribution in [0.3, 0.4) is 0 Å². The molecule has 0 saturated heterocycles. The van der Waals surface area contributed by atoms with Crippen LogP contribution >= 0.6 is 0 Å². The van der Waals surface area contributed by atoms with Crippen LogP contribution in [0.5, 0.6) is 23.0 Å². The van der Waals surface area contributed by atoms with E-state index < -0.39 is 11.2 Å². The quantitative estimate of drug-likeness (QED) is 0.0329. The molecule has 0 N–H and O–H groups in total. The summed E-state index contributed by atoms with van der Waals surface area (Å²) in [5, 5.41) is 23.1. The second kappa shape index (κ2) is 31.3. The molecule has 0 amide bonds. The smallest absolute Gasteiger partial charge is 0.723 e. The molecule has 0 aliphatic heterocycles. The van der Waals surface area contributed by atoms with Crippen molar-refractivity contribution in [1.29, 1.82) is 0 Å². The normalized spacial score (nSPS) is 13.2. The molecular weight excluding hydrogens is 712 g/mol. The molecule has 2 atom stereocenters. The molecule has 2 rings (SSSR count). The van der Waals surface area contributed by atoms with E-state index in [1.54, 1.807) is 13.8 Å². The average molecular weight is 783 g/mol. The van der Waals surface area contributed by atoms with Gasteiger partial charge in [0.1, 0.15) is 34.2 Å². The van der Waals surface area contributed by atoms with Gasteiger partial charge in [0.25, 0.3) is 0 Å². The summed E-state index contributed by atoms with van der Waals surface area (Å²) < 4.78 is 34.8. The molecule has 0 radical (unpaired) electrons. The zero-order valence-corrected chi connectivity index (χ0v) is 35.8. The van der Waals surface area contributed by atoms with Crippen molar-refractivity contribution >= 4 is 0 Å². The van der Waals surface area contributed by atoms with Crippen molar-refractivity contribution in [2.45, 2.75) is 144 Å². The Morgan fingerprint density at radius 3 is 1.06 bits per heavy atom. The van der Waals surface area contributed by atoms with Crippen molar-refractivity contribution in [2.24, 2.45) is 0 Å². The van der Waals surface area contributed by atoms with E-state index in [9.17, 15) is 10.5 Å². The van der Waals surface area contributed by atoms with E-state index in [-0.39, 0.29) is 34.9 Å². The molecule has 11 heteroatoms. The Balaban J connectivity index is 0.00000100. The molecule has 0 aliphatic carbocycles. The van der Waals surface area contributed by atoms with Crippen LogP contribution in [0.15, 0.2) is 36.4 Å². The third-order valence-electron chi connectivity index (χ3n) is 8.50. The molecule has 0 bridgehead atoms. The van der Waals surface area contributed by atoms with E-state index in [1.807, 2.05) is 36.4 Å². The van der Waals surface area contributed by atoms with Crippen LogP contribution < -0.4 is 29.5 Å². The second-order valence-electron chi connectivity index (χ2n) is 13.6. The van der Waals surface area contributed by atoms with Gasteiger partial charge < -0.3 is 48.7 Å². The summed E-state index contributed by atoms with van der Waals surface area (Å²) in [6.45, 7) is 20.3. The largest absolute Gasteiger partial charge is 2.00 e. The molecular formula is C42H70O10Ti. The third-order valence-corrected chi connectivity index (χ3v) is 8.50. The Hall–Kier alpha value is -1.89. The Morgan fingerprint density at radius 2 is 0.755 bits per heavy atom. The minimum Gasteiger partial charge on any atom is -0.723 e. The van der Waals surface area contributed by atoms with Crippen molar-refractivity contribution in [3.8, 4) is 23.0 Å². The summed E-state index contributed by atoms with van der Waals surface area (Å²) in [6, 6.07) is 11.1. The van der Waals surface area contributed by atoms with Gasteiger partial charge in [-0.05, 0) is 76.6 Å². The van der Waals surface area contributed by atoms with E-state index >= 15 is 0 Å². The summed E-state index contributed by atoms with van der Waals surface area (Å²) in [6.07, 6.45) is 12.1. The molecule has 2 unspecified atom stereocenters. The Kier molecular flexibility index (Phi) is 30.2. The van der Waals surface area contributed by atoms with Gasteiger partial charge in [0.2, 0.25) is 0 Å². The molecule has 0 aromatic heterocycles. The zero-order valence-electron chi connectivity index (χ0n) is 34.2. The zero-order chi connectivity index (χ0) is 38.5. The summed E-state index contributed by atoms with van der Waals surface area (Å²) in [4.78, 5) is 9.19. The first kappa shape index (κ1) is 51.1. The van der Waals surface area contributed by atoms with Gasteiger partial charge in [0.05, 0.1) is 39.6 Å². The summed E-state index contributed by atoms with van der Waals surface area (Å²) in [5.74, 6) is 2.75. The molecule has 0 fully saturated rings. The predicted molar refractivity (Wildman–Crippen MR) is 203 cm³/mol. The Morgan fingerprint density at radius 1 is 0.453 bits per heavy atom. The molecule has 0 heterocycles. The van der Waals surface area contributed by atoms with Crippen molar-refractivity contribution in [3.05, 3.63) is 47.5 Å². The first-order chi connectivity index (χ1) is 25.2. The van der Waals surface area contributed by atoms with E-state index in [1.165, 1.54) is 0 Å². The first-order valence-corrected chi connectivity index (χ1v) is 19.8. The van der Waals surface area contributed by atoms with Crippen LogP contribution in [0.1, 0.15) is 144 Å². The van der Waals surface area contributed by atoms with E-state index in [4.69, 9.17) is 28.4 Å². The van der Waals surface area contributed by atoms with E-state index in [2.05, 4.69) is 51.3 Å². The number of rotatable bonds is 30. The minimum atomic E-state index is -1.10. The minimum absolute atomic E-state index is 0. The van der Waals surface area contributed by atoms with Gasteiger partial charge >= 0.3 is 21.7 Å². The summed E-state index contributed by atoms with van der Waals surface area (Å²) in [5.41, 5.74) is -0.806. The second-order valence-corrected chi connectivity index (χ2v) is 13.6. The molecule has 53 heavy (non-hydrogen) atoms. The van der Waals surface area contributed by atoms with Gasteiger partial charge in [-0.1, -0.05) is 80.1 Å². The van der Waals surface area contributed by atoms with Crippen LogP contribution in [-0.2, 0) is 52.2 Å². The first-order valence-electron chi connectivity index (χ1n) is 19.8. The molecule has 2 aromatic rings. The van der Waals surface area contributed by atoms with Crippen LogP contribution in [0.25, 0.3) is 0 Å². The fourth-order valence-corrected chi connectivity index (χ4v) is 4.94. The molecule has 0 spiro atoms. The molecule has 0 aliphatic rings. The number of hydrogen-bond donors (Lipinski definition) is 0. The topological polar surface area (TPSA) is 120 Å². The van der Waals surface area contributed by atoms with Crippen molar-refractivity contribution in [3.63, 3.8) is 0 Å². The molecule has 302 valence electrons. The number of benzene rings is 2. The van der Waals surface area contributed by atoms with Gasteiger partial charge in [-0.3, -0.25) is 0 Å². The fraction of sp³-hybridized carbons (Fsp3) is 0.714. The maximum atomic E-state index is 11.5. The predicted octanol–water partition coefficient (Wildman–Crippen LogP) is 8.73. The van der Waals surface area contributed by atoms with Gasteiger partial charge in [-0.15, -0.1) is 0 Å². The number of unbranched alkanes of at least 4 members (excludes halogenated alkanes) is 6. The van der Waals surface area contributed by atoms with Gasteiger partial charge in [0, 0.05) is 36.5 Å². The Bertz CT molecular complexity index is 1080. The van der Waals surface area contributed by atoms with E-state index in [0.717, 1.165) is 88.5 Å². The molecule has 10 nitrogen and oxygen atoms in total. The number of hydrogen-bond acceptors (Lipinski definition) is 10. The van der Waals surface area contributed by atoms with Crippen LogP contribution in [0.4, 0.5) is 0 Å². The summed E-state index contributed by atoms with van der Waals surface area (Å²) in [7, 11) is 0. The fourth-order valence-electron chi connectivity index (χ4n) is 4.94. The molecule has 0 saturated carbocycles.